The molecule has 64 heavy (non-hydrogen) atoms. The lowest BCUT2D eigenvalue weighted by molar-refractivity contribution is 0.597. The fourth-order valence-electron chi connectivity index (χ4n) is 10.7. The second-order valence-corrected chi connectivity index (χ2v) is 17.0. The van der Waals surface area contributed by atoms with Gasteiger partial charge in [0.1, 0.15) is 11.5 Å². The molecule has 13 rings (SSSR count). The van der Waals surface area contributed by atoms with Crippen LogP contribution in [0.3, 0.4) is 0 Å². The molecule has 2 heterocycles. The number of fused-ring (bicyclic) bond motifs is 7. The zero-order chi connectivity index (χ0) is 42.1. The van der Waals surface area contributed by atoms with Crippen molar-refractivity contribution < 1.29 is 9.31 Å². The number of para-hydroxylation sites is 4. The molecule has 0 radical (unpaired) electrons. The van der Waals surface area contributed by atoms with E-state index >= 15 is 0 Å². The molecule has 0 saturated heterocycles. The quantitative estimate of drug-likeness (QED) is 0.123. The molecule has 0 aromatic heterocycles. The van der Waals surface area contributed by atoms with Crippen LogP contribution in [-0.4, -0.2) is 14.0 Å². The zero-order valence-corrected chi connectivity index (χ0v) is 34.9. The molecule has 2 aliphatic heterocycles. The van der Waals surface area contributed by atoms with Crippen molar-refractivity contribution in [3.63, 3.8) is 0 Å². The fraction of sp³-hybridized carbons (Fsp3) is 0.0169. The van der Waals surface area contributed by atoms with Crippen molar-refractivity contribution in [1.82, 2.24) is 0 Å². The van der Waals surface area contributed by atoms with Crippen molar-refractivity contribution in [3.05, 3.63) is 242 Å². The van der Waals surface area contributed by atoms with E-state index in [-0.39, 0.29) is 5.82 Å². The highest BCUT2D eigenvalue weighted by Gasteiger charge is 2.49. The lowest BCUT2D eigenvalue weighted by Gasteiger charge is -2.29. The summed E-state index contributed by atoms with van der Waals surface area (Å²) < 4.78 is 14.8. The molecule has 0 bridgehead atoms. The average molecular weight is 816 g/mol. The van der Waals surface area contributed by atoms with Gasteiger partial charge in [-0.25, -0.2) is 0 Å². The molecule has 5 heteroatoms. The second kappa shape index (κ2) is 14.8. The van der Waals surface area contributed by atoms with Gasteiger partial charge in [0, 0.05) is 11.5 Å². The third-order valence-electron chi connectivity index (χ3n) is 13.5. The molecule has 11 aromatic carbocycles. The van der Waals surface area contributed by atoms with Crippen molar-refractivity contribution in [2.75, 3.05) is 4.81 Å². The molecular formula is C59H39B2NO2. The Balaban J connectivity index is 1.18. The van der Waals surface area contributed by atoms with Gasteiger partial charge in [-0.1, -0.05) is 188 Å². The second-order valence-electron chi connectivity index (χ2n) is 17.0. The summed E-state index contributed by atoms with van der Waals surface area (Å²) in [5.74, 6) is 1.67. The molecule has 11 aromatic rings. The highest BCUT2D eigenvalue weighted by atomic mass is 16.5. The van der Waals surface area contributed by atoms with E-state index in [1.54, 1.807) is 0 Å². The minimum Gasteiger partial charge on any atom is -0.555 e. The van der Waals surface area contributed by atoms with Crippen molar-refractivity contribution in [2.45, 2.75) is 5.82 Å². The molecule has 1 atom stereocenters. The highest BCUT2D eigenvalue weighted by Crippen LogP contribution is 2.45. The molecule has 1 unspecified atom stereocenters. The van der Waals surface area contributed by atoms with Crippen LogP contribution in [0.4, 0.5) is 11.4 Å². The molecule has 0 saturated carbocycles. The third-order valence-corrected chi connectivity index (χ3v) is 13.5. The normalized spacial score (nSPS) is 14.2. The molecular weight excluding hydrogens is 776 g/mol. The fourth-order valence-corrected chi connectivity index (χ4v) is 10.7. The molecule has 3 nitrogen and oxygen atoms in total. The maximum Gasteiger partial charge on any atom is 0.524 e. The van der Waals surface area contributed by atoms with E-state index < -0.39 is 14.0 Å². The summed E-state index contributed by atoms with van der Waals surface area (Å²) in [6.45, 7) is -0.393. The molecule has 0 aliphatic carbocycles. The van der Waals surface area contributed by atoms with Gasteiger partial charge in [0.15, 0.2) is 0 Å². The first-order chi connectivity index (χ1) is 31.8. The van der Waals surface area contributed by atoms with Crippen molar-refractivity contribution in [2.24, 2.45) is 0 Å². The van der Waals surface area contributed by atoms with Gasteiger partial charge in [0.2, 0.25) is 0 Å². The van der Waals surface area contributed by atoms with Gasteiger partial charge in [-0.05, 0) is 130 Å². The summed E-state index contributed by atoms with van der Waals surface area (Å²) in [5.41, 5.74) is 11.4. The van der Waals surface area contributed by atoms with Gasteiger partial charge < -0.3 is 14.1 Å². The predicted molar refractivity (Wildman–Crippen MR) is 269 cm³/mol. The van der Waals surface area contributed by atoms with Gasteiger partial charge in [-0.15, -0.1) is 0 Å². The number of hydrogen-bond acceptors (Lipinski definition) is 3. The maximum absolute atomic E-state index is 7.45. The largest absolute Gasteiger partial charge is 0.555 e. The number of nitrogens with zero attached hydrogens (tertiary/aromatic N) is 1. The van der Waals surface area contributed by atoms with Gasteiger partial charge in [0.05, 0.1) is 5.69 Å². The van der Waals surface area contributed by atoms with Crippen molar-refractivity contribution >= 4 is 79.4 Å². The van der Waals surface area contributed by atoms with E-state index in [0.717, 1.165) is 55.7 Å². The molecule has 0 fully saturated rings. The number of hydrogen-bond donors (Lipinski definition) is 0. The van der Waals surface area contributed by atoms with Crippen LogP contribution in [0.1, 0.15) is 16.9 Å². The SMILES string of the molecule is c1ccc(C2B(c3c(B4Oc5ccccc5N4c4ccccc4)c4cc(-c5cccc6ccccc56)ccc4c4ccc(-c5cccc6ccccc56)cc34)Oc3ccccc32)cc1. The van der Waals surface area contributed by atoms with E-state index in [1.165, 1.54) is 54.6 Å². The summed E-state index contributed by atoms with van der Waals surface area (Å²) in [7, 11) is -0.533. The Labute approximate surface area is 373 Å². The monoisotopic (exact) mass is 815 g/mol. The standard InChI is InChI=1S/C59H39B2NO2/c1-3-19-41(20-4-1)57-51-27-11-13-31-55(51)63-60(57)58-52-37-42(47-28-15-21-39-17-7-9-25-45(39)47)33-35-49(52)50-36-34-43(48-29-16-22-40-18-8-10-26-46(40)48)38-53(50)59(58)61-62(44-23-5-2-6-24-44)54-30-12-14-32-56(54)64-61/h1-38,57H. The average Bonchev–Trinajstić information content (AvgIpc) is 3.95. The van der Waals surface area contributed by atoms with Crippen LogP contribution in [0.5, 0.6) is 11.5 Å². The van der Waals surface area contributed by atoms with E-state index in [9.17, 15) is 0 Å². The van der Waals surface area contributed by atoms with E-state index in [0.29, 0.717) is 0 Å². The first-order valence-corrected chi connectivity index (χ1v) is 22.2. The lowest BCUT2D eigenvalue weighted by atomic mass is 9.43. The Hall–Kier alpha value is -8.01. The van der Waals surface area contributed by atoms with Crippen LogP contribution in [0.25, 0.3) is 65.3 Å². The van der Waals surface area contributed by atoms with Crippen LogP contribution in [0, 0.1) is 0 Å². The van der Waals surface area contributed by atoms with Crippen molar-refractivity contribution in [1.29, 1.82) is 0 Å². The summed E-state index contributed by atoms with van der Waals surface area (Å²) >= 11 is 0. The van der Waals surface area contributed by atoms with Gasteiger partial charge in [-0.2, -0.15) is 0 Å². The van der Waals surface area contributed by atoms with Crippen LogP contribution in [-0.2, 0) is 0 Å². The molecule has 0 N–H and O–H groups in total. The first-order valence-electron chi connectivity index (χ1n) is 22.2. The van der Waals surface area contributed by atoms with Crippen LogP contribution in [0.15, 0.2) is 231 Å². The summed E-state index contributed by atoms with van der Waals surface area (Å²) in [6, 6.07) is 83.4. The van der Waals surface area contributed by atoms with Gasteiger partial charge >= 0.3 is 14.0 Å². The molecule has 0 amide bonds. The Morgan fingerprint density at radius 1 is 0.375 bits per heavy atom. The lowest BCUT2D eigenvalue weighted by Crippen LogP contribution is -2.59. The minimum absolute atomic E-state index is 0.0896. The van der Waals surface area contributed by atoms with Crippen molar-refractivity contribution in [3.8, 4) is 33.8 Å². The molecule has 2 aliphatic rings. The summed E-state index contributed by atoms with van der Waals surface area (Å²) in [4.78, 5) is 2.39. The number of rotatable bonds is 6. The maximum atomic E-state index is 7.45. The molecule has 0 spiro atoms. The number of anilines is 2. The van der Waals surface area contributed by atoms with E-state index in [1.807, 2.05) is 0 Å². The summed E-state index contributed by atoms with van der Waals surface area (Å²) in [6.07, 6.45) is 0. The number of benzene rings is 11. The van der Waals surface area contributed by atoms with Crippen LogP contribution >= 0.6 is 0 Å². The van der Waals surface area contributed by atoms with E-state index in [4.69, 9.17) is 9.31 Å². The summed E-state index contributed by atoms with van der Waals surface area (Å²) in [5, 5.41) is 9.51. The third kappa shape index (κ3) is 5.78. The Morgan fingerprint density at radius 2 is 0.906 bits per heavy atom. The van der Waals surface area contributed by atoms with E-state index in [2.05, 4.69) is 235 Å². The van der Waals surface area contributed by atoms with Gasteiger partial charge in [0.25, 0.3) is 0 Å². The smallest absolute Gasteiger partial charge is 0.524 e. The molecule has 298 valence electrons. The topological polar surface area (TPSA) is 21.7 Å². The van der Waals surface area contributed by atoms with Gasteiger partial charge in [-0.3, -0.25) is 0 Å². The Morgan fingerprint density at radius 3 is 1.58 bits per heavy atom. The first kappa shape index (κ1) is 36.6. The Kier molecular flexibility index (Phi) is 8.48. The predicted octanol–water partition coefficient (Wildman–Crippen LogP) is 13.5. The zero-order valence-electron chi connectivity index (χ0n) is 34.9. The highest BCUT2D eigenvalue weighted by molar-refractivity contribution is 6.87. The Bertz CT molecular complexity index is 3360. The van der Waals surface area contributed by atoms with Crippen LogP contribution < -0.4 is 25.0 Å². The van der Waals surface area contributed by atoms with Crippen LogP contribution in [0.2, 0.25) is 0 Å². The minimum atomic E-state index is -0.533.